The zero-order chi connectivity index (χ0) is 9.56. The van der Waals surface area contributed by atoms with Crippen LogP contribution < -0.4 is 0 Å². The van der Waals surface area contributed by atoms with Gasteiger partial charge in [0.1, 0.15) is 0 Å². The first kappa shape index (κ1) is 11.8. The van der Waals surface area contributed by atoms with Crippen LogP contribution in [0.25, 0.3) is 0 Å². The summed E-state index contributed by atoms with van der Waals surface area (Å²) in [6.45, 7) is 3.75. The Kier molecular flexibility index (Phi) is 6.20. The van der Waals surface area contributed by atoms with Crippen molar-refractivity contribution in [1.29, 1.82) is 0 Å². The molecule has 70 valence electrons. The third-order valence-corrected chi connectivity index (χ3v) is 2.34. The first-order valence-electron chi connectivity index (χ1n) is 3.65. The van der Waals surface area contributed by atoms with Crippen LogP contribution in [0, 0.1) is 0 Å². The fraction of sp³-hybridized carbons (Fsp3) is 0.714. The van der Waals surface area contributed by atoms with E-state index in [1.165, 1.54) is 6.92 Å². The zero-order valence-electron chi connectivity index (χ0n) is 7.17. The maximum atomic E-state index is 10.8. The van der Waals surface area contributed by atoms with Crippen LogP contribution >= 0.6 is 23.4 Å². The van der Waals surface area contributed by atoms with Gasteiger partial charge in [-0.3, -0.25) is 14.5 Å². The number of hydrogen-bond donors (Lipinski definition) is 0. The highest BCUT2D eigenvalue weighted by Gasteiger charge is 2.14. The second kappa shape index (κ2) is 6.31. The third-order valence-electron chi connectivity index (χ3n) is 1.26. The second-order valence-electron chi connectivity index (χ2n) is 2.12. The number of amides is 2. The summed E-state index contributed by atoms with van der Waals surface area (Å²) in [6, 6.07) is 0. The number of carbonyl (C=O) groups is 2. The standard InChI is InChI=1S/C7H12ClNO2S/c1-3-12-5-4-9(6(2)10)7(8)11/h3-5H2,1-2H3. The van der Waals surface area contributed by atoms with Gasteiger partial charge in [0.05, 0.1) is 0 Å². The van der Waals surface area contributed by atoms with Gasteiger partial charge in [0, 0.05) is 19.2 Å². The van der Waals surface area contributed by atoms with Crippen LogP contribution in [0.3, 0.4) is 0 Å². The fourth-order valence-corrected chi connectivity index (χ4v) is 1.47. The smallest absolute Gasteiger partial charge is 0.275 e. The molecule has 0 atom stereocenters. The first-order valence-corrected chi connectivity index (χ1v) is 5.18. The van der Waals surface area contributed by atoms with E-state index in [1.807, 2.05) is 6.92 Å². The van der Waals surface area contributed by atoms with Crippen LogP contribution in [0.4, 0.5) is 4.79 Å². The van der Waals surface area contributed by atoms with Gasteiger partial charge in [0.2, 0.25) is 5.91 Å². The van der Waals surface area contributed by atoms with Gasteiger partial charge in [-0.1, -0.05) is 6.92 Å². The highest BCUT2D eigenvalue weighted by molar-refractivity contribution is 7.99. The van der Waals surface area contributed by atoms with Crippen molar-refractivity contribution in [3.05, 3.63) is 0 Å². The van der Waals surface area contributed by atoms with Crippen LogP contribution in [-0.2, 0) is 4.79 Å². The monoisotopic (exact) mass is 209 g/mol. The summed E-state index contributed by atoms with van der Waals surface area (Å²) < 4.78 is 0. The Balaban J connectivity index is 3.80. The average Bonchev–Trinajstić information content (AvgIpc) is 1.96. The number of imide groups is 1. The van der Waals surface area contributed by atoms with Gasteiger partial charge in [0.15, 0.2) is 0 Å². The summed E-state index contributed by atoms with van der Waals surface area (Å²) in [7, 11) is 0. The van der Waals surface area contributed by atoms with Gasteiger partial charge in [-0.25, -0.2) is 0 Å². The van der Waals surface area contributed by atoms with E-state index in [0.29, 0.717) is 6.54 Å². The van der Waals surface area contributed by atoms with Crippen molar-refractivity contribution >= 4 is 34.6 Å². The molecule has 0 radical (unpaired) electrons. The summed E-state index contributed by atoms with van der Waals surface area (Å²) >= 11 is 6.84. The minimum atomic E-state index is -0.695. The van der Waals surface area contributed by atoms with Crippen LogP contribution in [-0.4, -0.2) is 34.2 Å². The quantitative estimate of drug-likeness (QED) is 0.404. The second-order valence-corrected chi connectivity index (χ2v) is 3.84. The first-order chi connectivity index (χ1) is 5.59. The van der Waals surface area contributed by atoms with Crippen molar-refractivity contribution in [2.45, 2.75) is 13.8 Å². The molecule has 0 N–H and O–H groups in total. The number of halogens is 1. The van der Waals surface area contributed by atoms with Crippen molar-refractivity contribution in [2.75, 3.05) is 18.1 Å². The predicted octanol–water partition coefficient (Wildman–Crippen LogP) is 1.95. The van der Waals surface area contributed by atoms with Crippen LogP contribution in [0.2, 0.25) is 0 Å². The number of rotatable bonds is 4. The minimum Gasteiger partial charge on any atom is -0.275 e. The molecule has 5 heteroatoms. The minimum absolute atomic E-state index is 0.299. The molecule has 0 aromatic rings. The van der Waals surface area contributed by atoms with Gasteiger partial charge in [-0.2, -0.15) is 11.8 Å². The Morgan fingerprint density at radius 3 is 2.42 bits per heavy atom. The van der Waals surface area contributed by atoms with Crippen molar-refractivity contribution < 1.29 is 9.59 Å². The lowest BCUT2D eigenvalue weighted by molar-refractivity contribution is -0.125. The molecule has 0 aromatic heterocycles. The Bertz CT molecular complexity index is 161. The third kappa shape index (κ3) is 4.62. The molecule has 12 heavy (non-hydrogen) atoms. The number of nitrogens with zero attached hydrogens (tertiary/aromatic N) is 1. The number of thioether (sulfide) groups is 1. The summed E-state index contributed by atoms with van der Waals surface area (Å²) in [6.07, 6.45) is 0. The Hall–Kier alpha value is -0.220. The van der Waals surface area contributed by atoms with Crippen molar-refractivity contribution in [3.63, 3.8) is 0 Å². The lowest BCUT2D eigenvalue weighted by Gasteiger charge is -2.14. The average molecular weight is 210 g/mol. The molecule has 0 aliphatic rings. The SMILES string of the molecule is CCSCCN(C(C)=O)C(=O)Cl. The van der Waals surface area contributed by atoms with Crippen LogP contribution in [0.5, 0.6) is 0 Å². The molecule has 0 aliphatic carbocycles. The van der Waals surface area contributed by atoms with E-state index in [4.69, 9.17) is 11.6 Å². The molecular formula is C7H12ClNO2S. The molecule has 0 unspecified atom stereocenters. The van der Waals surface area contributed by atoms with E-state index in [9.17, 15) is 9.59 Å². The molecule has 0 aromatic carbocycles. The van der Waals surface area contributed by atoms with Crippen molar-refractivity contribution in [1.82, 2.24) is 4.90 Å². The molecule has 0 rings (SSSR count). The normalized spacial score (nSPS) is 9.58. The molecule has 0 saturated carbocycles. The molecule has 2 amide bonds. The van der Waals surface area contributed by atoms with E-state index in [1.54, 1.807) is 11.8 Å². The van der Waals surface area contributed by atoms with Crippen LogP contribution in [0.1, 0.15) is 13.8 Å². The van der Waals surface area contributed by atoms with E-state index in [-0.39, 0.29) is 5.91 Å². The lowest BCUT2D eigenvalue weighted by atomic mass is 10.5. The van der Waals surface area contributed by atoms with E-state index >= 15 is 0 Å². The van der Waals surface area contributed by atoms with Gasteiger partial charge >= 0.3 is 5.37 Å². The summed E-state index contributed by atoms with van der Waals surface area (Å²) in [5.41, 5.74) is 0. The Morgan fingerprint density at radius 1 is 1.50 bits per heavy atom. The Labute approximate surface area is 81.4 Å². The number of carbonyl (C=O) groups excluding carboxylic acids is 2. The molecule has 0 spiro atoms. The molecular weight excluding hydrogens is 198 g/mol. The summed E-state index contributed by atoms with van der Waals surface area (Å²) in [5.74, 6) is 1.42. The summed E-state index contributed by atoms with van der Waals surface area (Å²) in [4.78, 5) is 22.5. The number of hydrogen-bond acceptors (Lipinski definition) is 3. The van der Waals surface area contributed by atoms with Gasteiger partial charge < -0.3 is 0 Å². The highest BCUT2D eigenvalue weighted by Crippen LogP contribution is 2.03. The lowest BCUT2D eigenvalue weighted by Crippen LogP contribution is -2.33. The fourth-order valence-electron chi connectivity index (χ4n) is 0.669. The molecule has 0 bridgehead atoms. The van der Waals surface area contributed by atoms with E-state index < -0.39 is 5.37 Å². The summed E-state index contributed by atoms with van der Waals surface area (Å²) in [5, 5.41) is -0.695. The van der Waals surface area contributed by atoms with Crippen molar-refractivity contribution in [2.24, 2.45) is 0 Å². The van der Waals surface area contributed by atoms with Gasteiger partial charge in [-0.15, -0.1) is 0 Å². The maximum absolute atomic E-state index is 10.8. The maximum Gasteiger partial charge on any atom is 0.323 e. The highest BCUT2D eigenvalue weighted by atomic mass is 35.5. The molecule has 0 fully saturated rings. The zero-order valence-corrected chi connectivity index (χ0v) is 8.74. The molecule has 0 aliphatic heterocycles. The molecule has 0 saturated heterocycles. The Morgan fingerprint density at radius 2 is 2.08 bits per heavy atom. The predicted molar refractivity (Wildman–Crippen MR) is 51.6 cm³/mol. The van der Waals surface area contributed by atoms with E-state index in [0.717, 1.165) is 16.4 Å². The van der Waals surface area contributed by atoms with Gasteiger partial charge in [-0.05, 0) is 17.4 Å². The van der Waals surface area contributed by atoms with Crippen molar-refractivity contribution in [3.8, 4) is 0 Å². The van der Waals surface area contributed by atoms with Crippen LogP contribution in [0.15, 0.2) is 0 Å². The largest absolute Gasteiger partial charge is 0.323 e. The van der Waals surface area contributed by atoms with E-state index in [2.05, 4.69) is 0 Å². The topological polar surface area (TPSA) is 37.4 Å². The molecule has 3 nitrogen and oxygen atoms in total. The van der Waals surface area contributed by atoms with Gasteiger partial charge in [0.25, 0.3) is 0 Å². The molecule has 0 heterocycles.